The molecule has 0 atom stereocenters. The number of ether oxygens (including phenoxy) is 1. The summed E-state index contributed by atoms with van der Waals surface area (Å²) in [6.45, 7) is 2.95. The lowest BCUT2D eigenvalue weighted by Crippen LogP contribution is -2.13. The van der Waals surface area contributed by atoms with E-state index in [4.69, 9.17) is 15.3 Å². The van der Waals surface area contributed by atoms with Crippen molar-refractivity contribution in [3.8, 4) is 0 Å². The number of carbonyl (C=O) groups is 1. The molecule has 4 N–H and O–H groups in total. The Bertz CT molecular complexity index is 235. The van der Waals surface area contributed by atoms with Crippen LogP contribution < -0.4 is 11.5 Å². The average molecular weight is 323 g/mol. The Labute approximate surface area is 134 Å². The molecule has 0 aromatic heterocycles. The van der Waals surface area contributed by atoms with Crippen LogP contribution in [0.4, 0.5) is 4.79 Å². The molecule has 0 heterocycles. The van der Waals surface area contributed by atoms with Crippen molar-refractivity contribution in [2.45, 2.75) is 71.1 Å². The number of thiocarbonyl (C=S) groups is 1. The molecule has 6 heteroatoms. The Morgan fingerprint density at radius 2 is 1.30 bits per heavy atom. The summed E-state index contributed by atoms with van der Waals surface area (Å²) in [6.07, 6.45) is 13.3. The third-order valence-corrected chi connectivity index (χ3v) is 2.86. The quantitative estimate of drug-likeness (QED) is 0.303. The van der Waals surface area contributed by atoms with Crippen LogP contribution in [-0.4, -0.2) is 17.0 Å². The molecule has 0 rings (SSSR count). The molecular weight excluding hydrogens is 292 g/mol. The Kier molecular flexibility index (Phi) is 20.2. The summed E-state index contributed by atoms with van der Waals surface area (Å²) >= 11 is 7.73. The van der Waals surface area contributed by atoms with Gasteiger partial charge < -0.3 is 16.2 Å². The average Bonchev–Trinajstić information content (AvgIpc) is 2.35. The van der Waals surface area contributed by atoms with Crippen LogP contribution in [-0.2, 0) is 4.74 Å². The van der Waals surface area contributed by atoms with E-state index in [2.05, 4.69) is 37.5 Å². The van der Waals surface area contributed by atoms with Gasteiger partial charge in [-0.25, -0.2) is 0 Å². The van der Waals surface area contributed by atoms with Gasteiger partial charge in [0.15, 0.2) is 0 Å². The van der Waals surface area contributed by atoms with E-state index in [1.54, 1.807) is 0 Å². The molecule has 0 aliphatic rings. The van der Waals surface area contributed by atoms with Gasteiger partial charge in [-0.05, 0) is 18.6 Å². The fourth-order valence-electron chi connectivity index (χ4n) is 1.76. The minimum absolute atomic E-state index is 0.177. The van der Waals surface area contributed by atoms with Crippen LogP contribution >= 0.6 is 24.8 Å². The predicted octanol–water partition coefficient (Wildman–Crippen LogP) is 4.16. The molecule has 0 spiro atoms. The first-order valence-electron chi connectivity index (χ1n) is 7.41. The number of hydrogen-bond acceptors (Lipinski definition) is 3. The predicted molar refractivity (Wildman–Crippen MR) is 93.2 cm³/mol. The molecule has 0 aliphatic carbocycles. The van der Waals surface area contributed by atoms with Crippen molar-refractivity contribution in [2.24, 2.45) is 11.5 Å². The summed E-state index contributed by atoms with van der Waals surface area (Å²) in [4.78, 5) is 9.09. The van der Waals surface area contributed by atoms with Crippen molar-refractivity contribution in [3.05, 3.63) is 0 Å². The highest BCUT2D eigenvalue weighted by atomic mass is 32.1. The number of amides is 1. The van der Waals surface area contributed by atoms with Gasteiger partial charge in [0, 0.05) is 0 Å². The summed E-state index contributed by atoms with van der Waals surface area (Å²) in [5.74, 6) is 0. The van der Waals surface area contributed by atoms with Gasteiger partial charge in [-0.15, -0.1) is 0 Å². The number of carbonyl (C=O) groups excluding carboxylic acids is 1. The van der Waals surface area contributed by atoms with Crippen molar-refractivity contribution < 1.29 is 9.53 Å². The van der Waals surface area contributed by atoms with Gasteiger partial charge in [-0.1, -0.05) is 77.3 Å². The Morgan fingerprint density at radius 1 is 0.950 bits per heavy atom. The van der Waals surface area contributed by atoms with Crippen molar-refractivity contribution in [1.29, 1.82) is 0 Å². The summed E-state index contributed by atoms with van der Waals surface area (Å²) in [7, 11) is 0. The van der Waals surface area contributed by atoms with Crippen molar-refractivity contribution >= 4 is 35.3 Å². The highest BCUT2D eigenvalue weighted by molar-refractivity contribution is 7.96. The molecule has 1 amide bonds. The molecule has 20 heavy (non-hydrogen) atoms. The fourth-order valence-corrected chi connectivity index (χ4v) is 1.85. The van der Waals surface area contributed by atoms with E-state index >= 15 is 0 Å². The van der Waals surface area contributed by atoms with Crippen LogP contribution in [0, 0.1) is 0 Å². The first-order chi connectivity index (χ1) is 9.50. The highest BCUT2D eigenvalue weighted by Gasteiger charge is 1.93. The molecule has 0 fully saturated rings. The summed E-state index contributed by atoms with van der Waals surface area (Å²) in [6, 6.07) is 0. The van der Waals surface area contributed by atoms with Crippen LogP contribution in [0.1, 0.15) is 71.1 Å². The lowest BCUT2D eigenvalue weighted by molar-refractivity contribution is 0.267. The van der Waals surface area contributed by atoms with E-state index in [0.717, 1.165) is 6.42 Å². The van der Waals surface area contributed by atoms with E-state index in [-0.39, 0.29) is 5.17 Å². The zero-order chi connectivity index (χ0) is 15.6. The van der Waals surface area contributed by atoms with Gasteiger partial charge in [0.05, 0.1) is 6.61 Å². The second kappa shape index (κ2) is 18.5. The first kappa shape index (κ1) is 21.8. The molecular formula is C14H30N2O2S2. The Balaban J connectivity index is 0. The molecule has 0 aromatic rings. The third-order valence-electron chi connectivity index (χ3n) is 2.74. The van der Waals surface area contributed by atoms with Gasteiger partial charge in [0.25, 0.3) is 10.4 Å². The molecule has 0 aromatic carbocycles. The number of unbranched alkanes of at least 4 members (excludes halogenated alkanes) is 9. The Hall–Kier alpha value is -0.490. The normalized spacial score (nSPS) is 9.50. The second-order valence-corrected chi connectivity index (χ2v) is 5.53. The number of hydrogen-bond donors (Lipinski definition) is 3. The fraction of sp³-hybridized carbons (Fsp3) is 0.857. The number of nitrogens with two attached hydrogens (primary N) is 2. The van der Waals surface area contributed by atoms with Crippen molar-refractivity contribution in [3.63, 3.8) is 0 Å². The maximum atomic E-state index is 9.09. The highest BCUT2D eigenvalue weighted by Crippen LogP contribution is 2.10. The van der Waals surface area contributed by atoms with Crippen LogP contribution in [0.15, 0.2) is 0 Å². The minimum Gasteiger partial charge on any atom is -0.471 e. The smallest absolute Gasteiger partial charge is 0.273 e. The van der Waals surface area contributed by atoms with Crippen LogP contribution in [0.2, 0.25) is 0 Å². The summed E-state index contributed by atoms with van der Waals surface area (Å²) < 4.78 is 5.02. The number of rotatable bonds is 11. The van der Waals surface area contributed by atoms with Gasteiger partial charge in [0.1, 0.15) is 0 Å². The SMILES string of the molecule is CCCCCCCCCCCCOC(N)=S.NC(=O)S. The zero-order valence-corrected chi connectivity index (χ0v) is 14.3. The van der Waals surface area contributed by atoms with Crippen LogP contribution in [0.5, 0.6) is 0 Å². The van der Waals surface area contributed by atoms with E-state index < -0.39 is 5.24 Å². The molecule has 0 saturated heterocycles. The lowest BCUT2D eigenvalue weighted by Gasteiger charge is -2.03. The Morgan fingerprint density at radius 3 is 1.65 bits per heavy atom. The van der Waals surface area contributed by atoms with Crippen molar-refractivity contribution in [1.82, 2.24) is 0 Å². The van der Waals surface area contributed by atoms with Gasteiger partial charge in [0.2, 0.25) is 0 Å². The first-order valence-corrected chi connectivity index (χ1v) is 8.26. The molecule has 0 saturated carbocycles. The molecule has 0 radical (unpaired) electrons. The van der Waals surface area contributed by atoms with E-state index in [0.29, 0.717) is 6.61 Å². The van der Waals surface area contributed by atoms with E-state index in [1.807, 2.05) is 0 Å². The lowest BCUT2D eigenvalue weighted by atomic mass is 10.1. The van der Waals surface area contributed by atoms with Gasteiger partial charge >= 0.3 is 0 Å². The van der Waals surface area contributed by atoms with E-state index in [9.17, 15) is 0 Å². The third kappa shape index (κ3) is 30.5. The molecule has 0 bridgehead atoms. The maximum absolute atomic E-state index is 9.09. The van der Waals surface area contributed by atoms with Crippen LogP contribution in [0.25, 0.3) is 0 Å². The van der Waals surface area contributed by atoms with Gasteiger partial charge in [-0.2, -0.15) is 0 Å². The second-order valence-electron chi connectivity index (χ2n) is 4.69. The van der Waals surface area contributed by atoms with E-state index in [1.165, 1.54) is 57.8 Å². The van der Waals surface area contributed by atoms with Crippen molar-refractivity contribution in [2.75, 3.05) is 6.61 Å². The topological polar surface area (TPSA) is 78.3 Å². The molecule has 0 unspecified atom stereocenters. The molecule has 0 aliphatic heterocycles. The van der Waals surface area contributed by atoms with Crippen LogP contribution in [0.3, 0.4) is 0 Å². The standard InChI is InChI=1S/C13H27NOS.CH3NOS/c1-2-3-4-5-6-7-8-9-10-11-12-15-13(14)16;2-1(3)4/h2-12H2,1H3,(H2,14,16);(H3,2,3,4). The summed E-state index contributed by atoms with van der Waals surface area (Å²) in [5.41, 5.74) is 9.56. The number of thiol groups is 1. The largest absolute Gasteiger partial charge is 0.471 e. The summed E-state index contributed by atoms with van der Waals surface area (Å²) in [5, 5.41) is -0.462. The zero-order valence-electron chi connectivity index (χ0n) is 12.6. The monoisotopic (exact) mass is 322 g/mol. The number of primary amides is 1. The molecule has 120 valence electrons. The van der Waals surface area contributed by atoms with Gasteiger partial charge in [-0.3, -0.25) is 4.79 Å². The maximum Gasteiger partial charge on any atom is 0.273 e. The minimum atomic E-state index is -0.639. The molecule has 4 nitrogen and oxygen atoms in total.